The minimum Gasteiger partial charge on any atom is -0.461 e. The van der Waals surface area contributed by atoms with Gasteiger partial charge in [0.15, 0.2) is 5.76 Å². The number of furan rings is 1. The molecule has 3 rings (SSSR count). The first-order valence-corrected chi connectivity index (χ1v) is 7.12. The van der Waals surface area contributed by atoms with Crippen LogP contribution < -0.4 is 5.32 Å². The second-order valence-electron chi connectivity index (χ2n) is 4.47. The summed E-state index contributed by atoms with van der Waals surface area (Å²) in [5.41, 5.74) is 0.922. The van der Waals surface area contributed by atoms with Crippen molar-refractivity contribution in [1.29, 1.82) is 0 Å². The summed E-state index contributed by atoms with van der Waals surface area (Å²) in [4.78, 5) is 12.1. The number of halogens is 2. The molecule has 0 unspecified atom stereocenters. The van der Waals surface area contributed by atoms with Crippen molar-refractivity contribution >= 4 is 29.1 Å². The van der Waals surface area contributed by atoms with Gasteiger partial charge < -0.3 is 14.3 Å². The highest BCUT2D eigenvalue weighted by molar-refractivity contribution is 6.36. The molecule has 7 heteroatoms. The second-order valence-corrected chi connectivity index (χ2v) is 5.31. The lowest BCUT2D eigenvalue weighted by atomic mass is 10.2. The first-order chi connectivity index (χ1) is 10.6. The van der Waals surface area contributed by atoms with Crippen LogP contribution in [0.25, 0.3) is 11.5 Å². The van der Waals surface area contributed by atoms with Gasteiger partial charge in [-0.1, -0.05) is 28.4 Å². The zero-order chi connectivity index (χ0) is 15.5. The van der Waals surface area contributed by atoms with Crippen LogP contribution in [-0.2, 0) is 6.54 Å². The maximum atomic E-state index is 12.1. The molecule has 2 aromatic heterocycles. The minimum absolute atomic E-state index is 0.210. The average Bonchev–Trinajstić information content (AvgIpc) is 3.16. The van der Waals surface area contributed by atoms with Crippen LogP contribution >= 0.6 is 23.2 Å². The van der Waals surface area contributed by atoms with E-state index in [-0.39, 0.29) is 12.5 Å². The number of amides is 1. The molecule has 112 valence electrons. The van der Waals surface area contributed by atoms with Crippen LogP contribution in [0.5, 0.6) is 0 Å². The van der Waals surface area contributed by atoms with E-state index in [0.29, 0.717) is 32.8 Å². The standard InChI is InChI=1S/C15H10Cl2N2O3/c16-9-3-4-11(12(17)6-9)15(20)18-8-10-7-14(22-19-10)13-2-1-5-21-13/h1-7H,8H2,(H,18,20). The number of carbonyl (C=O) groups is 1. The van der Waals surface area contributed by atoms with Crippen LogP contribution in [0.1, 0.15) is 16.1 Å². The van der Waals surface area contributed by atoms with Crippen molar-refractivity contribution in [3.63, 3.8) is 0 Å². The van der Waals surface area contributed by atoms with Crippen molar-refractivity contribution in [3.05, 3.63) is 64.0 Å². The van der Waals surface area contributed by atoms with Crippen LogP contribution in [0.4, 0.5) is 0 Å². The fourth-order valence-electron chi connectivity index (χ4n) is 1.87. The van der Waals surface area contributed by atoms with Gasteiger partial charge in [0.05, 0.1) is 23.4 Å². The van der Waals surface area contributed by atoms with Crippen molar-refractivity contribution in [2.75, 3.05) is 0 Å². The molecule has 1 aromatic carbocycles. The predicted octanol–water partition coefficient (Wildman–Crippen LogP) is 4.17. The van der Waals surface area contributed by atoms with E-state index in [0.717, 1.165) is 0 Å². The van der Waals surface area contributed by atoms with E-state index in [4.69, 9.17) is 32.1 Å². The van der Waals surface area contributed by atoms with E-state index in [1.807, 2.05) is 0 Å². The fourth-order valence-corrected chi connectivity index (χ4v) is 2.36. The second kappa shape index (κ2) is 6.25. The monoisotopic (exact) mass is 336 g/mol. The van der Waals surface area contributed by atoms with Gasteiger partial charge in [-0.15, -0.1) is 0 Å². The molecule has 0 radical (unpaired) electrons. The number of benzene rings is 1. The number of hydrogen-bond donors (Lipinski definition) is 1. The van der Waals surface area contributed by atoms with Crippen LogP contribution in [0.15, 0.2) is 51.6 Å². The molecule has 5 nitrogen and oxygen atoms in total. The Balaban J connectivity index is 1.66. The molecule has 0 bridgehead atoms. The molecule has 0 aliphatic heterocycles. The average molecular weight is 337 g/mol. The number of carbonyl (C=O) groups excluding carboxylic acids is 1. The van der Waals surface area contributed by atoms with Crippen molar-refractivity contribution in [2.24, 2.45) is 0 Å². The van der Waals surface area contributed by atoms with Gasteiger partial charge in [0.25, 0.3) is 5.91 Å². The lowest BCUT2D eigenvalue weighted by molar-refractivity contribution is 0.0950. The Morgan fingerprint density at radius 2 is 2.05 bits per heavy atom. The topological polar surface area (TPSA) is 68.3 Å². The number of rotatable bonds is 4. The highest BCUT2D eigenvalue weighted by atomic mass is 35.5. The Morgan fingerprint density at radius 1 is 1.18 bits per heavy atom. The zero-order valence-corrected chi connectivity index (χ0v) is 12.7. The quantitative estimate of drug-likeness (QED) is 0.776. The summed E-state index contributed by atoms with van der Waals surface area (Å²) in [5, 5.41) is 7.35. The summed E-state index contributed by atoms with van der Waals surface area (Å²) >= 11 is 11.8. The largest absolute Gasteiger partial charge is 0.461 e. The van der Waals surface area contributed by atoms with E-state index in [1.165, 1.54) is 6.07 Å². The highest BCUT2D eigenvalue weighted by Gasteiger charge is 2.13. The van der Waals surface area contributed by atoms with Gasteiger partial charge in [-0.25, -0.2) is 0 Å². The molecule has 1 amide bonds. The van der Waals surface area contributed by atoms with Gasteiger partial charge >= 0.3 is 0 Å². The Labute approximate surface area is 135 Å². The number of nitrogens with one attached hydrogen (secondary N) is 1. The number of aromatic nitrogens is 1. The molecule has 22 heavy (non-hydrogen) atoms. The van der Waals surface area contributed by atoms with Gasteiger partial charge in [0.1, 0.15) is 5.69 Å². The SMILES string of the molecule is O=C(NCc1cc(-c2ccco2)on1)c1ccc(Cl)cc1Cl. The number of hydrogen-bond acceptors (Lipinski definition) is 4. The summed E-state index contributed by atoms with van der Waals surface area (Å²) < 4.78 is 10.4. The fraction of sp³-hybridized carbons (Fsp3) is 0.0667. The van der Waals surface area contributed by atoms with E-state index in [9.17, 15) is 4.79 Å². The molecule has 0 saturated carbocycles. The maximum absolute atomic E-state index is 12.1. The van der Waals surface area contributed by atoms with E-state index in [2.05, 4.69) is 10.5 Å². The molecular formula is C15H10Cl2N2O3. The third-order valence-corrected chi connectivity index (χ3v) is 3.48. The van der Waals surface area contributed by atoms with Crippen molar-refractivity contribution in [1.82, 2.24) is 10.5 Å². The molecule has 0 spiro atoms. The Kier molecular flexibility index (Phi) is 4.18. The van der Waals surface area contributed by atoms with Crippen molar-refractivity contribution in [3.8, 4) is 11.5 Å². The van der Waals surface area contributed by atoms with Gasteiger partial charge in [0, 0.05) is 11.1 Å². The smallest absolute Gasteiger partial charge is 0.253 e. The maximum Gasteiger partial charge on any atom is 0.253 e. The molecule has 0 atom stereocenters. The molecule has 2 heterocycles. The molecule has 3 aromatic rings. The molecule has 0 aliphatic rings. The molecule has 0 aliphatic carbocycles. The van der Waals surface area contributed by atoms with Crippen LogP contribution in [0.3, 0.4) is 0 Å². The third-order valence-electron chi connectivity index (χ3n) is 2.93. The first kappa shape index (κ1) is 14.7. The van der Waals surface area contributed by atoms with Gasteiger partial charge in [-0.05, 0) is 30.3 Å². The normalized spacial score (nSPS) is 10.6. The summed E-state index contributed by atoms with van der Waals surface area (Å²) in [6.45, 7) is 0.210. The van der Waals surface area contributed by atoms with Gasteiger partial charge in [-0.3, -0.25) is 4.79 Å². The lowest BCUT2D eigenvalue weighted by Gasteiger charge is -2.05. The van der Waals surface area contributed by atoms with Crippen LogP contribution in [0.2, 0.25) is 10.0 Å². The predicted molar refractivity (Wildman–Crippen MR) is 81.8 cm³/mol. The number of nitrogens with zero attached hydrogens (tertiary/aromatic N) is 1. The molecule has 0 saturated heterocycles. The Hall–Kier alpha value is -2.24. The lowest BCUT2D eigenvalue weighted by Crippen LogP contribution is -2.23. The van der Waals surface area contributed by atoms with Crippen LogP contribution in [-0.4, -0.2) is 11.1 Å². The van der Waals surface area contributed by atoms with E-state index >= 15 is 0 Å². The van der Waals surface area contributed by atoms with E-state index in [1.54, 1.807) is 36.6 Å². The summed E-state index contributed by atoms with van der Waals surface area (Å²) in [6.07, 6.45) is 1.54. The third kappa shape index (κ3) is 3.16. The zero-order valence-electron chi connectivity index (χ0n) is 11.2. The van der Waals surface area contributed by atoms with Gasteiger partial charge in [0.2, 0.25) is 5.76 Å². The van der Waals surface area contributed by atoms with Crippen LogP contribution in [0, 0.1) is 0 Å². The van der Waals surface area contributed by atoms with E-state index < -0.39 is 0 Å². The first-order valence-electron chi connectivity index (χ1n) is 6.36. The molecule has 0 fully saturated rings. The summed E-state index contributed by atoms with van der Waals surface area (Å²) in [5.74, 6) is 0.758. The minimum atomic E-state index is -0.316. The summed E-state index contributed by atoms with van der Waals surface area (Å²) in [6, 6.07) is 9.90. The van der Waals surface area contributed by atoms with Crippen molar-refractivity contribution < 1.29 is 13.7 Å². The van der Waals surface area contributed by atoms with Crippen molar-refractivity contribution in [2.45, 2.75) is 6.54 Å². The Bertz CT molecular complexity index is 797. The molecule has 1 N–H and O–H groups in total. The van der Waals surface area contributed by atoms with Gasteiger partial charge in [-0.2, -0.15) is 0 Å². The molecular weight excluding hydrogens is 327 g/mol. The summed E-state index contributed by atoms with van der Waals surface area (Å²) in [7, 11) is 0. The highest BCUT2D eigenvalue weighted by Crippen LogP contribution is 2.22. The Morgan fingerprint density at radius 3 is 2.77 bits per heavy atom.